The number of ether oxygens (including phenoxy) is 2. The van der Waals surface area contributed by atoms with Crippen LogP contribution in [0.3, 0.4) is 0 Å². The fourth-order valence-corrected chi connectivity index (χ4v) is 4.63. The van der Waals surface area contributed by atoms with Crippen molar-refractivity contribution in [3.8, 4) is 22.9 Å². The van der Waals surface area contributed by atoms with E-state index >= 15 is 0 Å². The van der Waals surface area contributed by atoms with E-state index < -0.39 is 0 Å². The van der Waals surface area contributed by atoms with Crippen molar-refractivity contribution in [1.29, 1.82) is 5.26 Å². The van der Waals surface area contributed by atoms with Crippen LogP contribution in [0.25, 0.3) is 11.1 Å². The normalized spacial score (nSPS) is 25.7. The Balaban J connectivity index is 1.08. The number of unbranched alkanes of at least 4 members (excludes halogenated alkanes) is 1. The molecule has 0 unspecified atom stereocenters. The average molecular weight is 414 g/mol. The third kappa shape index (κ3) is 3.51. The lowest BCUT2D eigenvalue weighted by molar-refractivity contribution is -0.142. The minimum absolute atomic E-state index is 0.0915. The second-order valence-electron chi connectivity index (χ2n) is 8.10. The van der Waals surface area contributed by atoms with Gasteiger partial charge in [0, 0.05) is 6.54 Å². The fourth-order valence-electron chi connectivity index (χ4n) is 4.63. The van der Waals surface area contributed by atoms with Crippen molar-refractivity contribution >= 4 is 11.8 Å². The van der Waals surface area contributed by atoms with Crippen molar-refractivity contribution in [2.75, 3.05) is 13.2 Å². The number of nitriles is 1. The number of amides is 2. The van der Waals surface area contributed by atoms with Crippen LogP contribution in [-0.4, -0.2) is 42.1 Å². The number of imide groups is 1. The number of hydrogen-bond donors (Lipinski definition) is 0. The third-order valence-corrected chi connectivity index (χ3v) is 6.25. The predicted molar refractivity (Wildman–Crippen MR) is 113 cm³/mol. The van der Waals surface area contributed by atoms with Gasteiger partial charge in [-0.05, 0) is 48.2 Å². The lowest BCUT2D eigenvalue weighted by Gasteiger charge is -2.17. The molecular weight excluding hydrogens is 392 g/mol. The SMILES string of the molecule is N#Cc1ccc(-c2ccc(OCCCCN3C(=O)[C@@H]4[C@H](C3=O)[C@H]3C=C[C@@H]4O3)cc2)cc1. The zero-order chi connectivity index (χ0) is 21.4. The molecule has 0 N–H and O–H groups in total. The maximum Gasteiger partial charge on any atom is 0.236 e. The molecule has 5 rings (SSSR count). The zero-order valence-electron chi connectivity index (χ0n) is 16.9. The van der Waals surface area contributed by atoms with Gasteiger partial charge in [-0.2, -0.15) is 5.26 Å². The second-order valence-corrected chi connectivity index (χ2v) is 8.10. The smallest absolute Gasteiger partial charge is 0.236 e. The van der Waals surface area contributed by atoms with E-state index in [1.807, 2.05) is 48.6 Å². The molecule has 2 aromatic carbocycles. The molecule has 6 heteroatoms. The zero-order valence-corrected chi connectivity index (χ0v) is 16.9. The van der Waals surface area contributed by atoms with Crippen LogP contribution in [0.5, 0.6) is 5.75 Å². The average Bonchev–Trinajstić information content (AvgIpc) is 3.49. The minimum atomic E-state index is -0.326. The molecule has 3 aliphatic heterocycles. The Labute approximate surface area is 180 Å². The molecule has 2 amide bonds. The Morgan fingerprint density at radius 3 is 2.03 bits per heavy atom. The van der Waals surface area contributed by atoms with Crippen molar-refractivity contribution in [3.63, 3.8) is 0 Å². The van der Waals surface area contributed by atoms with Crippen LogP contribution in [0.4, 0.5) is 0 Å². The maximum atomic E-state index is 12.6. The van der Waals surface area contributed by atoms with Gasteiger partial charge in [0.15, 0.2) is 0 Å². The molecule has 0 saturated carbocycles. The van der Waals surface area contributed by atoms with E-state index in [0.717, 1.165) is 23.3 Å². The van der Waals surface area contributed by atoms with Crippen LogP contribution in [0, 0.1) is 23.2 Å². The number of benzene rings is 2. The highest BCUT2D eigenvalue weighted by Crippen LogP contribution is 2.45. The quantitative estimate of drug-likeness (QED) is 0.394. The summed E-state index contributed by atoms with van der Waals surface area (Å²) in [5.74, 6) is -0.0564. The third-order valence-electron chi connectivity index (χ3n) is 6.25. The molecule has 2 bridgehead atoms. The van der Waals surface area contributed by atoms with Gasteiger partial charge in [0.25, 0.3) is 0 Å². The van der Waals surface area contributed by atoms with Gasteiger partial charge in [-0.25, -0.2) is 0 Å². The Bertz CT molecular complexity index is 1040. The van der Waals surface area contributed by atoms with E-state index in [2.05, 4.69) is 6.07 Å². The maximum absolute atomic E-state index is 12.6. The van der Waals surface area contributed by atoms with Crippen LogP contribution < -0.4 is 4.74 Å². The molecule has 0 spiro atoms. The first-order valence-electron chi connectivity index (χ1n) is 10.6. The van der Waals surface area contributed by atoms with E-state index in [9.17, 15) is 9.59 Å². The summed E-state index contributed by atoms with van der Waals surface area (Å²) in [4.78, 5) is 26.6. The van der Waals surface area contributed by atoms with Crippen LogP contribution in [0.1, 0.15) is 18.4 Å². The Hall–Kier alpha value is -3.43. The number of carbonyl (C=O) groups excluding carboxylic acids is 2. The summed E-state index contributed by atoms with van der Waals surface area (Å²) in [5.41, 5.74) is 2.74. The van der Waals surface area contributed by atoms with Gasteiger partial charge in [-0.1, -0.05) is 36.4 Å². The summed E-state index contributed by atoms with van der Waals surface area (Å²) in [6, 6.07) is 17.4. The van der Waals surface area contributed by atoms with Crippen molar-refractivity contribution in [2.45, 2.75) is 25.0 Å². The Morgan fingerprint density at radius 1 is 0.871 bits per heavy atom. The fraction of sp³-hybridized carbons (Fsp3) is 0.320. The molecule has 2 saturated heterocycles. The number of likely N-dealkylation sites (tertiary alicyclic amines) is 1. The summed E-state index contributed by atoms with van der Waals surface area (Å²) in [6.45, 7) is 0.959. The molecule has 0 aliphatic carbocycles. The van der Waals surface area contributed by atoms with Crippen LogP contribution in [-0.2, 0) is 14.3 Å². The highest BCUT2D eigenvalue weighted by Gasteiger charge is 2.60. The molecule has 6 nitrogen and oxygen atoms in total. The van der Waals surface area contributed by atoms with Crippen LogP contribution >= 0.6 is 0 Å². The molecule has 2 fully saturated rings. The highest BCUT2D eigenvalue weighted by atomic mass is 16.5. The molecule has 0 radical (unpaired) electrons. The van der Waals surface area contributed by atoms with Gasteiger partial charge in [0.1, 0.15) is 5.75 Å². The van der Waals surface area contributed by atoms with Crippen LogP contribution in [0.15, 0.2) is 60.7 Å². The van der Waals surface area contributed by atoms with Gasteiger partial charge in [0.05, 0.1) is 42.3 Å². The predicted octanol–water partition coefficient (Wildman–Crippen LogP) is 3.32. The van der Waals surface area contributed by atoms with Crippen molar-refractivity contribution in [3.05, 3.63) is 66.2 Å². The summed E-state index contributed by atoms with van der Waals surface area (Å²) in [5, 5.41) is 8.89. The van der Waals surface area contributed by atoms with Gasteiger partial charge in [-0.3, -0.25) is 14.5 Å². The number of rotatable bonds is 7. The molecule has 156 valence electrons. The summed E-state index contributed by atoms with van der Waals surface area (Å²) < 4.78 is 11.5. The molecule has 31 heavy (non-hydrogen) atoms. The number of nitrogens with zero attached hydrogens (tertiary/aromatic N) is 2. The van der Waals surface area contributed by atoms with Crippen molar-refractivity contribution in [2.24, 2.45) is 11.8 Å². The first-order valence-corrected chi connectivity index (χ1v) is 10.6. The topological polar surface area (TPSA) is 79.6 Å². The van der Waals surface area contributed by atoms with Crippen LogP contribution in [0.2, 0.25) is 0 Å². The molecule has 0 aromatic heterocycles. The van der Waals surface area contributed by atoms with E-state index in [0.29, 0.717) is 25.1 Å². The molecule has 4 atom stereocenters. The van der Waals surface area contributed by atoms with Crippen molar-refractivity contribution < 1.29 is 19.1 Å². The second kappa shape index (κ2) is 8.01. The summed E-state index contributed by atoms with van der Waals surface area (Å²) in [7, 11) is 0. The summed E-state index contributed by atoms with van der Waals surface area (Å²) in [6.07, 6.45) is 4.82. The first-order chi connectivity index (χ1) is 15.2. The molecule has 2 aromatic rings. The van der Waals surface area contributed by atoms with E-state index in [4.69, 9.17) is 14.7 Å². The van der Waals surface area contributed by atoms with E-state index in [-0.39, 0.29) is 35.9 Å². The first kappa shape index (κ1) is 19.5. The highest BCUT2D eigenvalue weighted by molar-refractivity contribution is 6.06. The largest absolute Gasteiger partial charge is 0.494 e. The van der Waals surface area contributed by atoms with E-state index in [1.165, 1.54) is 4.90 Å². The van der Waals surface area contributed by atoms with Gasteiger partial charge < -0.3 is 9.47 Å². The molecular formula is C25H22N2O4. The number of carbonyl (C=O) groups is 2. The van der Waals surface area contributed by atoms with Gasteiger partial charge >= 0.3 is 0 Å². The lowest BCUT2D eigenvalue weighted by Crippen LogP contribution is -2.35. The van der Waals surface area contributed by atoms with Crippen molar-refractivity contribution in [1.82, 2.24) is 4.90 Å². The Kier molecular flexibility index (Phi) is 5.05. The van der Waals surface area contributed by atoms with Gasteiger partial charge in [-0.15, -0.1) is 0 Å². The van der Waals surface area contributed by atoms with Gasteiger partial charge in [0.2, 0.25) is 11.8 Å². The Morgan fingerprint density at radius 2 is 1.45 bits per heavy atom. The molecule has 3 heterocycles. The standard InChI is InChI=1S/C25H22N2O4/c26-15-16-3-5-17(6-4-16)18-7-9-19(10-8-18)30-14-2-1-13-27-24(28)22-20-11-12-21(31-20)23(22)25(27)29/h3-12,20-23H,1-2,13-14H2/t20-,21+,22-,23+. The minimum Gasteiger partial charge on any atom is -0.494 e. The summed E-state index contributed by atoms with van der Waals surface area (Å²) >= 11 is 0. The number of hydrogen-bond acceptors (Lipinski definition) is 5. The molecule has 3 aliphatic rings. The lowest BCUT2D eigenvalue weighted by atomic mass is 9.85. The number of fused-ring (bicyclic) bond motifs is 5. The van der Waals surface area contributed by atoms with E-state index in [1.54, 1.807) is 12.1 Å². The monoisotopic (exact) mass is 414 g/mol.